The minimum absolute atomic E-state index is 0.209. The summed E-state index contributed by atoms with van der Waals surface area (Å²) in [5.74, 6) is 1.07. The van der Waals surface area contributed by atoms with Gasteiger partial charge in [-0.2, -0.15) is 0 Å². The SMILES string of the molecule is CCCn1ccnc1CNC(C)c1ccccc1Cl. The fourth-order valence-electron chi connectivity index (χ4n) is 2.13. The second-order valence-corrected chi connectivity index (χ2v) is 5.07. The van der Waals surface area contributed by atoms with Crippen LogP contribution in [0.2, 0.25) is 5.02 Å². The van der Waals surface area contributed by atoms with Gasteiger partial charge in [-0.1, -0.05) is 36.7 Å². The molecule has 0 aliphatic carbocycles. The Morgan fingerprint density at radius 2 is 2.16 bits per heavy atom. The molecule has 1 aromatic heterocycles. The van der Waals surface area contributed by atoms with E-state index in [0.29, 0.717) is 0 Å². The van der Waals surface area contributed by atoms with Crippen LogP contribution in [0.1, 0.15) is 37.7 Å². The lowest BCUT2D eigenvalue weighted by Crippen LogP contribution is -2.21. The Morgan fingerprint density at radius 3 is 2.89 bits per heavy atom. The van der Waals surface area contributed by atoms with Crippen LogP contribution in [0.5, 0.6) is 0 Å². The van der Waals surface area contributed by atoms with Gasteiger partial charge in [0.15, 0.2) is 0 Å². The lowest BCUT2D eigenvalue weighted by Gasteiger charge is -2.16. The van der Waals surface area contributed by atoms with Gasteiger partial charge in [-0.15, -0.1) is 0 Å². The molecule has 2 rings (SSSR count). The second kappa shape index (κ2) is 6.73. The van der Waals surface area contributed by atoms with Crippen molar-refractivity contribution in [2.45, 2.75) is 39.4 Å². The summed E-state index contributed by atoms with van der Waals surface area (Å²) in [5.41, 5.74) is 1.12. The summed E-state index contributed by atoms with van der Waals surface area (Å²) in [5, 5.41) is 4.28. The van der Waals surface area contributed by atoms with Crippen LogP contribution in [0.25, 0.3) is 0 Å². The van der Waals surface area contributed by atoms with Crippen LogP contribution < -0.4 is 5.32 Å². The normalized spacial score (nSPS) is 12.6. The lowest BCUT2D eigenvalue weighted by atomic mass is 10.1. The summed E-state index contributed by atoms with van der Waals surface area (Å²) in [4.78, 5) is 4.39. The number of aryl methyl sites for hydroxylation is 1. The number of halogens is 1. The Labute approximate surface area is 119 Å². The van der Waals surface area contributed by atoms with E-state index in [1.54, 1.807) is 0 Å². The summed E-state index contributed by atoms with van der Waals surface area (Å²) in [6.45, 7) is 6.05. The van der Waals surface area contributed by atoms with E-state index in [1.807, 2.05) is 30.6 Å². The van der Waals surface area contributed by atoms with Crippen LogP contribution in [0, 0.1) is 0 Å². The van der Waals surface area contributed by atoms with E-state index >= 15 is 0 Å². The number of imidazole rings is 1. The Kier molecular flexibility index (Phi) is 5.00. The molecule has 1 N–H and O–H groups in total. The second-order valence-electron chi connectivity index (χ2n) is 4.66. The standard InChI is InChI=1S/C15H20ClN3/c1-3-9-19-10-8-17-15(19)11-18-12(2)13-6-4-5-7-14(13)16/h4-8,10,12,18H,3,9,11H2,1-2H3. The average molecular weight is 278 g/mol. The summed E-state index contributed by atoms with van der Waals surface area (Å²) in [6, 6.07) is 8.15. The summed E-state index contributed by atoms with van der Waals surface area (Å²) in [7, 11) is 0. The summed E-state index contributed by atoms with van der Waals surface area (Å²) < 4.78 is 2.19. The van der Waals surface area contributed by atoms with Crippen molar-refractivity contribution in [2.24, 2.45) is 0 Å². The molecule has 0 spiro atoms. The van der Waals surface area contributed by atoms with Crippen LogP contribution in [0.3, 0.4) is 0 Å². The van der Waals surface area contributed by atoms with E-state index in [-0.39, 0.29) is 6.04 Å². The zero-order chi connectivity index (χ0) is 13.7. The smallest absolute Gasteiger partial charge is 0.122 e. The Balaban J connectivity index is 1.98. The van der Waals surface area contributed by atoms with Crippen LogP contribution in [0.15, 0.2) is 36.7 Å². The maximum Gasteiger partial charge on any atom is 0.122 e. The number of nitrogens with one attached hydrogen (secondary N) is 1. The molecule has 3 nitrogen and oxygen atoms in total. The summed E-state index contributed by atoms with van der Waals surface area (Å²) in [6.07, 6.45) is 5.00. The zero-order valence-electron chi connectivity index (χ0n) is 11.4. The van der Waals surface area contributed by atoms with Gasteiger partial charge >= 0.3 is 0 Å². The molecule has 0 amide bonds. The molecule has 1 aromatic carbocycles. The molecule has 1 atom stereocenters. The van der Waals surface area contributed by atoms with Crippen molar-refractivity contribution in [1.82, 2.24) is 14.9 Å². The zero-order valence-corrected chi connectivity index (χ0v) is 12.2. The molecule has 102 valence electrons. The van der Waals surface area contributed by atoms with E-state index < -0.39 is 0 Å². The molecule has 0 saturated carbocycles. The van der Waals surface area contributed by atoms with E-state index in [0.717, 1.165) is 35.9 Å². The van der Waals surface area contributed by atoms with Crippen LogP contribution in [-0.4, -0.2) is 9.55 Å². The highest BCUT2D eigenvalue weighted by atomic mass is 35.5. The molecule has 0 fully saturated rings. The monoisotopic (exact) mass is 277 g/mol. The maximum absolute atomic E-state index is 6.20. The van der Waals surface area contributed by atoms with Crippen molar-refractivity contribution in [3.05, 3.63) is 53.1 Å². The molecule has 0 aliphatic heterocycles. The van der Waals surface area contributed by atoms with E-state index in [4.69, 9.17) is 11.6 Å². The molecule has 4 heteroatoms. The highest BCUT2D eigenvalue weighted by Crippen LogP contribution is 2.22. The van der Waals surface area contributed by atoms with E-state index in [2.05, 4.69) is 34.8 Å². The summed E-state index contributed by atoms with van der Waals surface area (Å²) >= 11 is 6.20. The molecule has 0 bridgehead atoms. The molecule has 19 heavy (non-hydrogen) atoms. The van der Waals surface area contributed by atoms with Gasteiger partial charge in [0, 0.05) is 30.0 Å². The Hall–Kier alpha value is -1.32. The molecule has 1 unspecified atom stereocenters. The number of aromatic nitrogens is 2. The first kappa shape index (κ1) is 14.1. The number of nitrogens with zero attached hydrogens (tertiary/aromatic N) is 2. The molecule has 2 aromatic rings. The third kappa shape index (κ3) is 3.58. The van der Waals surface area contributed by atoms with Gasteiger partial charge in [0.1, 0.15) is 5.82 Å². The van der Waals surface area contributed by atoms with E-state index in [9.17, 15) is 0 Å². The average Bonchev–Trinajstić information content (AvgIpc) is 2.84. The van der Waals surface area contributed by atoms with Crippen molar-refractivity contribution in [2.75, 3.05) is 0 Å². The maximum atomic E-state index is 6.20. The van der Waals surface area contributed by atoms with Gasteiger partial charge in [0.2, 0.25) is 0 Å². The first-order chi connectivity index (χ1) is 9.22. The third-order valence-electron chi connectivity index (χ3n) is 3.20. The predicted octanol–water partition coefficient (Wildman–Crippen LogP) is 3.80. The van der Waals surface area contributed by atoms with Gasteiger partial charge in [0.25, 0.3) is 0 Å². The van der Waals surface area contributed by atoms with Gasteiger partial charge in [-0.05, 0) is 25.0 Å². The molecular weight excluding hydrogens is 258 g/mol. The van der Waals surface area contributed by atoms with Gasteiger partial charge in [-0.25, -0.2) is 4.98 Å². The van der Waals surface area contributed by atoms with Crippen molar-refractivity contribution in [3.63, 3.8) is 0 Å². The van der Waals surface area contributed by atoms with Crippen LogP contribution >= 0.6 is 11.6 Å². The fraction of sp³-hybridized carbons (Fsp3) is 0.400. The number of hydrogen-bond donors (Lipinski definition) is 1. The molecular formula is C15H20ClN3. The van der Waals surface area contributed by atoms with Gasteiger partial charge in [0.05, 0.1) is 6.54 Å². The van der Waals surface area contributed by atoms with Gasteiger partial charge < -0.3 is 9.88 Å². The Morgan fingerprint density at radius 1 is 1.37 bits per heavy atom. The minimum atomic E-state index is 0.209. The van der Waals surface area contributed by atoms with E-state index in [1.165, 1.54) is 0 Å². The highest BCUT2D eigenvalue weighted by molar-refractivity contribution is 6.31. The molecule has 0 aliphatic rings. The molecule has 0 radical (unpaired) electrons. The molecule has 1 heterocycles. The first-order valence-electron chi connectivity index (χ1n) is 6.70. The van der Waals surface area contributed by atoms with Crippen molar-refractivity contribution in [3.8, 4) is 0 Å². The molecule has 0 saturated heterocycles. The number of hydrogen-bond acceptors (Lipinski definition) is 2. The topological polar surface area (TPSA) is 29.9 Å². The van der Waals surface area contributed by atoms with Gasteiger partial charge in [-0.3, -0.25) is 0 Å². The van der Waals surface area contributed by atoms with Crippen molar-refractivity contribution >= 4 is 11.6 Å². The lowest BCUT2D eigenvalue weighted by molar-refractivity contribution is 0.532. The minimum Gasteiger partial charge on any atom is -0.334 e. The third-order valence-corrected chi connectivity index (χ3v) is 3.55. The van der Waals surface area contributed by atoms with Crippen molar-refractivity contribution < 1.29 is 0 Å². The van der Waals surface area contributed by atoms with Crippen LogP contribution in [0.4, 0.5) is 0 Å². The number of rotatable bonds is 6. The largest absolute Gasteiger partial charge is 0.334 e. The van der Waals surface area contributed by atoms with Crippen molar-refractivity contribution in [1.29, 1.82) is 0 Å². The quantitative estimate of drug-likeness (QED) is 0.870. The first-order valence-corrected chi connectivity index (χ1v) is 7.08. The number of benzene rings is 1. The highest BCUT2D eigenvalue weighted by Gasteiger charge is 2.10. The van der Waals surface area contributed by atoms with Crippen LogP contribution in [-0.2, 0) is 13.1 Å². The Bertz CT molecular complexity index is 522. The predicted molar refractivity (Wildman–Crippen MR) is 79.2 cm³/mol. The fourth-order valence-corrected chi connectivity index (χ4v) is 2.43.